The second-order valence-corrected chi connectivity index (χ2v) is 0.991. The van der Waals surface area contributed by atoms with Crippen LogP contribution in [0.3, 0.4) is 0 Å². The molecule has 6 heavy (non-hydrogen) atoms. The van der Waals surface area contributed by atoms with Crippen molar-refractivity contribution in [3.63, 3.8) is 0 Å². The first kappa shape index (κ1) is 9.36. The van der Waals surface area contributed by atoms with E-state index in [2.05, 4.69) is 0 Å². The quantitative estimate of drug-likeness (QED) is 0.309. The fourth-order valence-electron chi connectivity index (χ4n) is 0. The van der Waals surface area contributed by atoms with E-state index in [9.17, 15) is 0 Å². The van der Waals surface area contributed by atoms with Gasteiger partial charge in [-0.1, -0.05) is 0 Å². The number of hydrogen-bond acceptors (Lipinski definition) is 2. The summed E-state index contributed by atoms with van der Waals surface area (Å²) in [6.07, 6.45) is 0. The first-order valence-electron chi connectivity index (χ1n) is 0.917. The van der Waals surface area contributed by atoms with E-state index < -0.39 is 0 Å². The molecule has 0 aliphatic carbocycles. The van der Waals surface area contributed by atoms with Crippen LogP contribution >= 0.6 is 23.2 Å². The van der Waals surface area contributed by atoms with Gasteiger partial charge in [0.1, 0.15) is 0 Å². The van der Waals surface area contributed by atoms with Crippen molar-refractivity contribution in [2.45, 2.75) is 0 Å². The topological polar surface area (TPSA) is 49.7 Å². The van der Waals surface area contributed by atoms with Gasteiger partial charge in [0.2, 0.25) is 0 Å². The molecule has 5 heteroatoms. The van der Waals surface area contributed by atoms with E-state index in [0.29, 0.717) is 0 Å². The average molecular weight is 132 g/mol. The summed E-state index contributed by atoms with van der Waals surface area (Å²) in [7, 11) is 0. The number of hydrogen-bond donors (Lipinski definition) is 1. The third kappa shape index (κ3) is 88400. The van der Waals surface area contributed by atoms with Crippen LogP contribution in [0.4, 0.5) is 0 Å². The average Bonchev–Trinajstić information content (AvgIpc) is 1.39. The molecule has 0 heterocycles. The van der Waals surface area contributed by atoms with Crippen molar-refractivity contribution in [2.75, 3.05) is 5.34 Å². The summed E-state index contributed by atoms with van der Waals surface area (Å²) in [6, 6.07) is 0. The smallest absolute Gasteiger partial charge is 0.152 e. The lowest BCUT2D eigenvalue weighted by atomic mass is 11.9. The molecule has 0 aromatic rings. The Bertz CT molecular complexity index is 25.5. The molecule has 1 N–H and O–H groups in total. The maximum Gasteiger partial charge on any atom is 0.152 e. The minimum Gasteiger partial charge on any atom is -0.379 e. The number of rotatable bonds is 0. The van der Waals surface area contributed by atoms with Crippen LogP contribution in [0.2, 0.25) is 0 Å². The molecule has 0 unspecified atom stereocenters. The first-order valence-corrected chi connectivity index (χ1v) is 1.99. The van der Waals surface area contributed by atoms with Crippen LogP contribution in [0.25, 0.3) is 0 Å². The Labute approximate surface area is 44.8 Å². The van der Waals surface area contributed by atoms with Crippen molar-refractivity contribution >= 4 is 23.2 Å². The Morgan fingerprint density at radius 3 is 1.67 bits per heavy atom. The summed E-state index contributed by atoms with van der Waals surface area (Å²) >= 11 is 9.53. The van der Waals surface area contributed by atoms with E-state index in [0.717, 1.165) is 0 Å². The minimum atomic E-state index is 0.194. The second-order valence-electron chi connectivity index (χ2n) is 0.183. The van der Waals surface area contributed by atoms with E-state index in [1.807, 2.05) is 0 Å². The summed E-state index contributed by atoms with van der Waals surface area (Å²) in [6.45, 7) is 0. The highest BCUT2D eigenvalue weighted by atomic mass is 35.5. The van der Waals surface area contributed by atoms with Gasteiger partial charge in [-0.15, -0.1) is 28.1 Å². The molecule has 38 valence electrons. The summed E-state index contributed by atoms with van der Waals surface area (Å²) in [5.74, 6) is 0. The van der Waals surface area contributed by atoms with Crippen LogP contribution < -0.4 is 0 Å². The zero-order valence-corrected chi connectivity index (χ0v) is 4.28. The fraction of sp³-hybridized carbons (Fsp3) is 1.00. The van der Waals surface area contributed by atoms with Gasteiger partial charge in [0.05, 0.1) is 5.34 Å². The van der Waals surface area contributed by atoms with Crippen molar-refractivity contribution < 1.29 is 5.21 Å². The van der Waals surface area contributed by atoms with Gasteiger partial charge in [-0.2, -0.15) is 0 Å². The molecule has 0 aliphatic rings. The molecule has 0 aromatic heterocycles. The minimum absolute atomic E-state index is 0.194. The lowest BCUT2D eigenvalue weighted by Crippen LogP contribution is -1.25. The van der Waals surface area contributed by atoms with E-state index in [-0.39, 0.29) is 5.34 Å². The molecule has 0 rings (SSSR count). The van der Waals surface area contributed by atoms with Crippen molar-refractivity contribution in [3.8, 4) is 0 Å². The van der Waals surface area contributed by atoms with E-state index in [4.69, 9.17) is 33.3 Å². The van der Waals surface area contributed by atoms with Crippen molar-refractivity contribution in [1.29, 1.82) is 0 Å². The molecule has 0 saturated carbocycles. The predicted molar refractivity (Wildman–Crippen MR) is 24.2 cm³/mol. The van der Waals surface area contributed by atoms with Gasteiger partial charge < -0.3 is 5.21 Å². The summed E-state index contributed by atoms with van der Waals surface area (Å²) in [4.78, 5) is 8.11. The third-order valence-electron chi connectivity index (χ3n) is 0. The molecule has 0 aliphatic heterocycles. The molecule has 0 spiro atoms. The van der Waals surface area contributed by atoms with Crippen LogP contribution in [-0.4, -0.2) is 10.5 Å². The monoisotopic (exact) mass is 131 g/mol. The van der Waals surface area contributed by atoms with E-state index in [1.54, 1.807) is 0 Å². The zero-order chi connectivity index (χ0) is 5.41. The Kier molecular flexibility index (Phi) is 31.4. The van der Waals surface area contributed by atoms with Gasteiger partial charge in [0.25, 0.3) is 0 Å². The molecule has 0 fully saturated rings. The molecular weight excluding hydrogens is 129 g/mol. The summed E-state index contributed by atoms with van der Waals surface area (Å²) in [5, 5.41) is 8.08. The Morgan fingerprint density at radius 1 is 1.67 bits per heavy atom. The maximum absolute atomic E-state index is 8.11. The molecule has 0 bridgehead atoms. The van der Waals surface area contributed by atoms with Crippen LogP contribution in [0.5, 0.6) is 0 Å². The summed E-state index contributed by atoms with van der Waals surface area (Å²) in [5.41, 5.74) is 0. The van der Waals surface area contributed by atoms with Crippen molar-refractivity contribution in [1.82, 2.24) is 0 Å². The predicted octanol–water partition coefficient (Wildman–Crippen LogP) is 1.56. The van der Waals surface area contributed by atoms with Gasteiger partial charge in [0.15, 0.2) is 5.34 Å². The second kappa shape index (κ2) is 20.1. The Hall–Kier alpha value is -0.0200. The number of nitrogens with zero attached hydrogens (tertiary/aromatic N) is 1. The normalized spacial score (nSPS) is 5.00. The lowest BCUT2D eigenvalue weighted by molar-refractivity contribution is 0.312. The number of halogens is 2. The first-order chi connectivity index (χ1) is 2.83. The van der Waals surface area contributed by atoms with Gasteiger partial charge >= 0.3 is 0 Å². The van der Waals surface area contributed by atoms with Crippen LogP contribution in [0.1, 0.15) is 0 Å². The standard InChI is InChI=1S/CH2Cl2.HNO2/c2*2-1-3/h1H2;(H,2,3). The highest BCUT2D eigenvalue weighted by Gasteiger charge is 1.41. The molecule has 0 radical (unpaired) electrons. The number of alkyl halides is 2. The Balaban J connectivity index is 0. The highest BCUT2D eigenvalue weighted by Crippen LogP contribution is 1.73. The van der Waals surface area contributed by atoms with E-state index >= 15 is 0 Å². The van der Waals surface area contributed by atoms with Gasteiger partial charge in [-0.05, 0) is 0 Å². The third-order valence-corrected chi connectivity index (χ3v) is 0. The van der Waals surface area contributed by atoms with Gasteiger partial charge in [-0.3, -0.25) is 0 Å². The molecule has 0 atom stereocenters. The lowest BCUT2D eigenvalue weighted by Gasteiger charge is -1.42. The Morgan fingerprint density at radius 2 is 1.67 bits per heavy atom. The highest BCUT2D eigenvalue weighted by molar-refractivity contribution is 6.40. The zero-order valence-electron chi connectivity index (χ0n) is 2.77. The largest absolute Gasteiger partial charge is 0.379 e. The molecule has 3 nitrogen and oxygen atoms in total. The van der Waals surface area contributed by atoms with Gasteiger partial charge in [-0.25, -0.2) is 0 Å². The van der Waals surface area contributed by atoms with Crippen LogP contribution in [0, 0.1) is 4.91 Å². The van der Waals surface area contributed by atoms with E-state index in [1.165, 1.54) is 5.34 Å². The molecular formula is CH3Cl2NO2. The molecule has 0 aromatic carbocycles. The maximum atomic E-state index is 8.11. The molecule has 0 amide bonds. The fourth-order valence-corrected chi connectivity index (χ4v) is 0. The van der Waals surface area contributed by atoms with Crippen molar-refractivity contribution in [2.24, 2.45) is 5.34 Å². The molecule has 0 saturated heterocycles. The summed E-state index contributed by atoms with van der Waals surface area (Å²) < 4.78 is 0. The van der Waals surface area contributed by atoms with Crippen molar-refractivity contribution in [3.05, 3.63) is 4.91 Å². The van der Waals surface area contributed by atoms with Crippen LogP contribution in [-0.2, 0) is 0 Å². The van der Waals surface area contributed by atoms with Gasteiger partial charge in [0, 0.05) is 0 Å². The van der Waals surface area contributed by atoms with Crippen LogP contribution in [0.15, 0.2) is 5.34 Å². The SMILES string of the molecule is ClCCl.O=NO.